The number of carbonyl (C=O) groups excluding carboxylic acids is 1. The van der Waals surface area contributed by atoms with Gasteiger partial charge >= 0.3 is 6.36 Å². The Bertz CT molecular complexity index is 433. The zero-order chi connectivity index (χ0) is 12.5. The maximum atomic E-state index is 11.9. The quantitative estimate of drug-likeness (QED) is 0.824. The molecule has 0 radical (unpaired) electrons. The fourth-order valence-electron chi connectivity index (χ4n) is 0.940. The summed E-state index contributed by atoms with van der Waals surface area (Å²) in [6, 6.07) is 0.906. The second-order valence-electron chi connectivity index (χ2n) is 2.80. The van der Waals surface area contributed by atoms with E-state index >= 15 is 0 Å². The van der Waals surface area contributed by atoms with Gasteiger partial charge in [0.1, 0.15) is 5.75 Å². The third-order valence-electron chi connectivity index (χ3n) is 1.55. The Morgan fingerprint density at radius 2 is 2.12 bits per heavy atom. The van der Waals surface area contributed by atoms with Crippen LogP contribution < -0.4 is 4.74 Å². The first kappa shape index (κ1) is 12.6. The fraction of sp³-hybridized carbons (Fsp3) is 0.250. The number of halogens is 4. The van der Waals surface area contributed by atoms with Crippen LogP contribution >= 0.6 is 11.6 Å². The maximum absolute atomic E-state index is 11.9. The molecule has 0 bridgehead atoms. The molecule has 88 valence electrons. The van der Waals surface area contributed by atoms with Crippen LogP contribution in [-0.2, 0) is 0 Å². The molecule has 8 heteroatoms. The van der Waals surface area contributed by atoms with Crippen LogP contribution in [0.4, 0.5) is 13.2 Å². The summed E-state index contributed by atoms with van der Waals surface area (Å²) >= 11 is 5.01. The molecule has 0 saturated carbocycles. The summed E-state index contributed by atoms with van der Waals surface area (Å²) in [5, 5.41) is 8.00. The van der Waals surface area contributed by atoms with E-state index in [2.05, 4.69) is 9.72 Å². The van der Waals surface area contributed by atoms with E-state index in [4.69, 9.17) is 11.6 Å². The van der Waals surface area contributed by atoms with Gasteiger partial charge in [-0.25, -0.2) is 4.98 Å². The minimum Gasteiger partial charge on any atom is -0.505 e. The van der Waals surface area contributed by atoms with Gasteiger partial charge in [0, 0.05) is 5.56 Å². The van der Waals surface area contributed by atoms with E-state index in [9.17, 15) is 23.1 Å². The Morgan fingerprint density at radius 1 is 1.56 bits per heavy atom. The van der Waals surface area contributed by atoms with Crippen LogP contribution in [0, 0.1) is 6.92 Å². The number of hydrogen-bond acceptors (Lipinski definition) is 4. The van der Waals surface area contributed by atoms with Crippen LogP contribution in [0.3, 0.4) is 0 Å². The number of carbonyl (C=O) groups is 1. The molecular weight excluding hydrogens is 251 g/mol. The lowest BCUT2D eigenvalue weighted by atomic mass is 10.2. The number of hydrogen-bond donors (Lipinski definition) is 1. The van der Waals surface area contributed by atoms with E-state index in [0.29, 0.717) is 0 Å². The monoisotopic (exact) mass is 255 g/mol. The van der Waals surface area contributed by atoms with Gasteiger partial charge < -0.3 is 9.84 Å². The Balaban J connectivity index is 3.20. The van der Waals surface area contributed by atoms with Gasteiger partial charge in [0.2, 0.25) is 5.88 Å². The van der Waals surface area contributed by atoms with Crippen LogP contribution in [0.1, 0.15) is 16.1 Å². The molecule has 0 aliphatic carbocycles. The normalized spacial score (nSPS) is 11.3. The number of aromatic nitrogens is 1. The summed E-state index contributed by atoms with van der Waals surface area (Å²) in [5.74, 6) is -1.43. The lowest BCUT2D eigenvalue weighted by Crippen LogP contribution is -2.19. The molecule has 0 atom stereocenters. The van der Waals surface area contributed by atoms with Gasteiger partial charge in [-0.05, 0) is 24.6 Å². The molecule has 1 N–H and O–H groups in total. The lowest BCUT2D eigenvalue weighted by Gasteiger charge is -2.11. The highest BCUT2D eigenvalue weighted by Crippen LogP contribution is 2.28. The van der Waals surface area contributed by atoms with Gasteiger partial charge in [0.15, 0.2) is 5.69 Å². The van der Waals surface area contributed by atoms with Crippen molar-refractivity contribution >= 4 is 16.8 Å². The summed E-state index contributed by atoms with van der Waals surface area (Å²) < 4.78 is 39.3. The van der Waals surface area contributed by atoms with Crippen molar-refractivity contribution in [3.05, 3.63) is 17.3 Å². The highest BCUT2D eigenvalue weighted by Gasteiger charge is 2.33. The molecule has 0 aliphatic heterocycles. The van der Waals surface area contributed by atoms with Crippen LogP contribution in [0.5, 0.6) is 11.6 Å². The van der Waals surface area contributed by atoms with Crippen molar-refractivity contribution in [2.24, 2.45) is 0 Å². The number of alkyl halides is 3. The van der Waals surface area contributed by atoms with Gasteiger partial charge in [-0.1, -0.05) is 0 Å². The molecule has 0 spiro atoms. The van der Waals surface area contributed by atoms with Crippen molar-refractivity contribution in [2.45, 2.75) is 13.3 Å². The first-order valence-corrected chi connectivity index (χ1v) is 4.24. The predicted octanol–water partition coefficient (Wildman–Crippen LogP) is 2.37. The Morgan fingerprint density at radius 3 is 2.56 bits per heavy atom. The first-order valence-electron chi connectivity index (χ1n) is 3.87. The van der Waals surface area contributed by atoms with E-state index in [0.717, 1.165) is 6.07 Å². The van der Waals surface area contributed by atoms with Crippen molar-refractivity contribution in [3.63, 3.8) is 0 Å². The van der Waals surface area contributed by atoms with E-state index in [1.54, 1.807) is 0 Å². The number of pyridine rings is 1. The molecule has 1 aromatic rings. The van der Waals surface area contributed by atoms with E-state index in [1.165, 1.54) is 6.92 Å². The third kappa shape index (κ3) is 2.99. The molecule has 1 aromatic heterocycles. The molecule has 0 fully saturated rings. The maximum Gasteiger partial charge on any atom is 0.574 e. The SMILES string of the molecule is Cc1cc(O)c(C(=O)Cl)nc1OC(F)(F)F. The Labute approximate surface area is 92.6 Å². The van der Waals surface area contributed by atoms with Crippen LogP contribution in [0.2, 0.25) is 0 Å². The van der Waals surface area contributed by atoms with Crippen LogP contribution in [-0.4, -0.2) is 21.7 Å². The summed E-state index contributed by atoms with van der Waals surface area (Å²) in [4.78, 5) is 13.9. The summed E-state index contributed by atoms with van der Waals surface area (Å²) in [7, 11) is 0. The minimum absolute atomic E-state index is 0.0727. The highest BCUT2D eigenvalue weighted by atomic mass is 35.5. The van der Waals surface area contributed by atoms with Gasteiger partial charge in [-0.3, -0.25) is 4.79 Å². The Hall–Kier alpha value is -1.50. The molecule has 4 nitrogen and oxygen atoms in total. The standard InChI is InChI=1S/C8H5ClF3NO3/c1-3-2-4(14)5(6(9)15)13-7(3)16-8(10,11)12/h2,14H,1H3. The molecular formula is C8H5ClF3NO3. The fourth-order valence-corrected chi connectivity index (χ4v) is 1.08. The first-order chi connectivity index (χ1) is 7.20. The van der Waals surface area contributed by atoms with E-state index in [-0.39, 0.29) is 5.56 Å². The average Bonchev–Trinajstić information content (AvgIpc) is 2.07. The number of nitrogens with zero attached hydrogens (tertiary/aromatic N) is 1. The predicted molar refractivity (Wildman–Crippen MR) is 47.5 cm³/mol. The molecule has 0 unspecified atom stereocenters. The van der Waals surface area contributed by atoms with E-state index < -0.39 is 28.9 Å². The third-order valence-corrected chi connectivity index (χ3v) is 1.72. The molecule has 0 saturated heterocycles. The number of aromatic hydroxyl groups is 1. The second-order valence-corrected chi connectivity index (χ2v) is 3.14. The van der Waals surface area contributed by atoms with Crippen LogP contribution in [0.15, 0.2) is 6.07 Å². The largest absolute Gasteiger partial charge is 0.574 e. The van der Waals surface area contributed by atoms with Crippen molar-refractivity contribution in [2.75, 3.05) is 0 Å². The molecule has 0 aromatic carbocycles. The summed E-state index contributed by atoms with van der Waals surface area (Å²) in [6.07, 6.45) is -4.93. The van der Waals surface area contributed by atoms with Gasteiger partial charge in [0.25, 0.3) is 5.24 Å². The molecule has 0 amide bonds. The average molecular weight is 256 g/mol. The van der Waals surface area contributed by atoms with Crippen molar-refractivity contribution in [1.82, 2.24) is 4.98 Å². The lowest BCUT2D eigenvalue weighted by molar-refractivity contribution is -0.276. The minimum atomic E-state index is -4.93. The van der Waals surface area contributed by atoms with Gasteiger partial charge in [-0.15, -0.1) is 13.2 Å². The number of ether oxygens (including phenoxy) is 1. The topological polar surface area (TPSA) is 59.4 Å². The molecule has 0 aliphatic rings. The number of aryl methyl sites for hydroxylation is 1. The van der Waals surface area contributed by atoms with Crippen molar-refractivity contribution in [3.8, 4) is 11.6 Å². The van der Waals surface area contributed by atoms with Crippen LogP contribution in [0.25, 0.3) is 0 Å². The second kappa shape index (κ2) is 4.17. The Kier molecular flexibility index (Phi) is 3.27. The smallest absolute Gasteiger partial charge is 0.505 e. The zero-order valence-electron chi connectivity index (χ0n) is 7.80. The molecule has 16 heavy (non-hydrogen) atoms. The number of rotatable bonds is 2. The van der Waals surface area contributed by atoms with E-state index in [1.807, 2.05) is 0 Å². The van der Waals surface area contributed by atoms with Crippen molar-refractivity contribution < 1.29 is 27.8 Å². The van der Waals surface area contributed by atoms with Gasteiger partial charge in [0.05, 0.1) is 0 Å². The highest BCUT2D eigenvalue weighted by molar-refractivity contribution is 6.67. The summed E-state index contributed by atoms with van der Waals surface area (Å²) in [6.45, 7) is 1.23. The molecule has 1 rings (SSSR count). The van der Waals surface area contributed by atoms with Crippen molar-refractivity contribution in [1.29, 1.82) is 0 Å². The van der Waals surface area contributed by atoms with Gasteiger partial charge in [-0.2, -0.15) is 0 Å². The molecule has 1 heterocycles. The zero-order valence-corrected chi connectivity index (χ0v) is 8.56. The summed E-state index contributed by atoms with van der Waals surface area (Å²) in [5.41, 5.74) is -0.761.